The second-order valence-corrected chi connectivity index (χ2v) is 7.75. The van der Waals surface area contributed by atoms with Gasteiger partial charge in [-0.1, -0.05) is 6.07 Å². The van der Waals surface area contributed by atoms with Crippen molar-refractivity contribution in [2.75, 3.05) is 25.1 Å². The molecule has 1 aliphatic heterocycles. The number of nitrogens with one attached hydrogen (secondary N) is 1. The molecule has 0 aromatic heterocycles. The number of carbonyl (C=O) groups is 2. The predicted octanol–water partition coefficient (Wildman–Crippen LogP) is 4.03. The molecule has 0 atom stereocenters. The van der Waals surface area contributed by atoms with E-state index in [1.807, 2.05) is 36.9 Å². The average molecular weight is 408 g/mol. The predicted molar refractivity (Wildman–Crippen MR) is 115 cm³/mol. The first-order valence-electron chi connectivity index (χ1n) is 10.7. The summed E-state index contributed by atoms with van der Waals surface area (Å²) in [6.45, 7) is 6.22. The van der Waals surface area contributed by atoms with Gasteiger partial charge in [-0.3, -0.25) is 9.59 Å². The molecule has 0 spiro atoms. The fraction of sp³-hybridized carbons (Fsp3) is 0.417. The molecule has 0 bridgehead atoms. The van der Waals surface area contributed by atoms with E-state index in [9.17, 15) is 9.59 Å². The molecule has 1 saturated carbocycles. The second-order valence-electron chi connectivity index (χ2n) is 7.75. The number of benzene rings is 2. The molecule has 2 aliphatic rings. The van der Waals surface area contributed by atoms with Gasteiger partial charge in [-0.05, 0) is 74.6 Å². The smallest absolute Gasteiger partial charge is 0.255 e. The van der Waals surface area contributed by atoms with Crippen LogP contribution in [0.2, 0.25) is 0 Å². The van der Waals surface area contributed by atoms with Gasteiger partial charge in [0.25, 0.3) is 5.91 Å². The fourth-order valence-corrected chi connectivity index (χ4v) is 3.81. The molecular weight excluding hydrogens is 380 g/mol. The van der Waals surface area contributed by atoms with Crippen molar-refractivity contribution in [3.05, 3.63) is 53.1 Å². The first-order chi connectivity index (χ1) is 14.6. The van der Waals surface area contributed by atoms with Gasteiger partial charge in [0.2, 0.25) is 5.91 Å². The fourth-order valence-electron chi connectivity index (χ4n) is 3.81. The summed E-state index contributed by atoms with van der Waals surface area (Å²) >= 11 is 0. The molecule has 30 heavy (non-hydrogen) atoms. The molecule has 6 nitrogen and oxygen atoms in total. The van der Waals surface area contributed by atoms with E-state index < -0.39 is 0 Å². The normalized spacial score (nSPS) is 15.3. The van der Waals surface area contributed by atoms with Crippen LogP contribution in [0.4, 0.5) is 5.69 Å². The third-order valence-corrected chi connectivity index (χ3v) is 5.52. The van der Waals surface area contributed by atoms with E-state index in [1.165, 1.54) is 5.56 Å². The summed E-state index contributed by atoms with van der Waals surface area (Å²) in [6, 6.07) is 11.2. The van der Waals surface area contributed by atoms with Crippen molar-refractivity contribution < 1.29 is 19.1 Å². The molecule has 0 unspecified atom stereocenters. The minimum atomic E-state index is -0.208. The van der Waals surface area contributed by atoms with Gasteiger partial charge in [0, 0.05) is 30.3 Å². The topological polar surface area (TPSA) is 67.9 Å². The lowest BCUT2D eigenvalue weighted by atomic mass is 9.98. The molecular formula is C24H28N2O4. The Labute approximate surface area is 177 Å². The summed E-state index contributed by atoms with van der Waals surface area (Å²) in [5, 5.41) is 2.97. The standard InChI is InChI=1S/C24H28N2O4/c1-3-29-21-10-8-18(14-22(21)30-4-2)23(27)25-20-9-7-16-11-12-26(15-19(16)13-20)24(28)17-5-6-17/h7-10,13-14,17H,3-6,11-12,15H2,1-2H3,(H,25,27). The third kappa shape index (κ3) is 4.42. The van der Waals surface area contributed by atoms with Crippen LogP contribution in [0.15, 0.2) is 36.4 Å². The number of ether oxygens (including phenoxy) is 2. The summed E-state index contributed by atoms with van der Waals surface area (Å²) in [5.41, 5.74) is 3.58. The van der Waals surface area contributed by atoms with E-state index in [4.69, 9.17) is 9.47 Å². The summed E-state index contributed by atoms with van der Waals surface area (Å²) in [7, 11) is 0. The molecule has 1 heterocycles. The number of carbonyl (C=O) groups excluding carboxylic acids is 2. The minimum absolute atomic E-state index is 0.208. The van der Waals surface area contributed by atoms with Gasteiger partial charge in [-0.2, -0.15) is 0 Å². The minimum Gasteiger partial charge on any atom is -0.490 e. The number of rotatable bonds is 7. The Bertz CT molecular complexity index is 952. The maximum absolute atomic E-state index is 12.8. The van der Waals surface area contributed by atoms with Crippen LogP contribution >= 0.6 is 0 Å². The monoisotopic (exact) mass is 408 g/mol. The molecule has 0 saturated heterocycles. The maximum Gasteiger partial charge on any atom is 0.255 e. The number of anilines is 1. The zero-order valence-electron chi connectivity index (χ0n) is 17.6. The maximum atomic E-state index is 12.8. The number of amides is 2. The zero-order valence-corrected chi connectivity index (χ0v) is 17.6. The number of hydrogen-bond acceptors (Lipinski definition) is 4. The highest BCUT2D eigenvalue weighted by molar-refractivity contribution is 6.04. The molecule has 1 N–H and O–H groups in total. The first kappa shape index (κ1) is 20.3. The van der Waals surface area contributed by atoms with Gasteiger partial charge >= 0.3 is 0 Å². The number of nitrogens with zero attached hydrogens (tertiary/aromatic N) is 1. The Hall–Kier alpha value is -3.02. The number of hydrogen-bond donors (Lipinski definition) is 1. The Balaban J connectivity index is 1.48. The van der Waals surface area contributed by atoms with Crippen LogP contribution in [0.3, 0.4) is 0 Å². The summed E-state index contributed by atoms with van der Waals surface area (Å²) in [4.78, 5) is 27.2. The third-order valence-electron chi connectivity index (χ3n) is 5.52. The molecule has 0 radical (unpaired) electrons. The van der Waals surface area contributed by atoms with E-state index >= 15 is 0 Å². The van der Waals surface area contributed by atoms with Gasteiger partial charge in [0.05, 0.1) is 13.2 Å². The van der Waals surface area contributed by atoms with Crippen molar-refractivity contribution in [3.63, 3.8) is 0 Å². The molecule has 2 aromatic rings. The van der Waals surface area contributed by atoms with E-state index in [2.05, 4.69) is 5.32 Å². The number of fused-ring (bicyclic) bond motifs is 1. The highest BCUT2D eigenvalue weighted by atomic mass is 16.5. The Morgan fingerprint density at radius 1 is 1.00 bits per heavy atom. The first-order valence-corrected chi connectivity index (χ1v) is 10.7. The Morgan fingerprint density at radius 2 is 1.77 bits per heavy atom. The largest absolute Gasteiger partial charge is 0.490 e. The van der Waals surface area contributed by atoms with Gasteiger partial charge < -0.3 is 19.7 Å². The lowest BCUT2D eigenvalue weighted by Gasteiger charge is -2.29. The average Bonchev–Trinajstić information content (AvgIpc) is 3.59. The van der Waals surface area contributed by atoms with Crippen LogP contribution in [0, 0.1) is 5.92 Å². The van der Waals surface area contributed by atoms with Gasteiger partial charge in [-0.15, -0.1) is 0 Å². The van der Waals surface area contributed by atoms with Crippen molar-refractivity contribution in [2.45, 2.75) is 39.7 Å². The van der Waals surface area contributed by atoms with E-state index in [0.717, 1.165) is 37.1 Å². The molecule has 2 amide bonds. The molecule has 1 aliphatic carbocycles. The molecule has 1 fully saturated rings. The SMILES string of the molecule is CCOc1ccc(C(=O)Nc2ccc3c(c2)CN(C(=O)C2CC2)CC3)cc1OCC. The Morgan fingerprint density at radius 3 is 2.50 bits per heavy atom. The summed E-state index contributed by atoms with van der Waals surface area (Å²) in [5.74, 6) is 1.49. The van der Waals surface area contributed by atoms with Crippen LogP contribution in [-0.4, -0.2) is 36.5 Å². The molecule has 6 heteroatoms. The van der Waals surface area contributed by atoms with Crippen LogP contribution in [0.5, 0.6) is 11.5 Å². The quantitative estimate of drug-likeness (QED) is 0.751. The van der Waals surface area contributed by atoms with Gasteiger partial charge in [0.1, 0.15) is 0 Å². The zero-order chi connectivity index (χ0) is 21.1. The van der Waals surface area contributed by atoms with Crippen molar-refractivity contribution in [1.29, 1.82) is 0 Å². The molecule has 4 rings (SSSR count). The lowest BCUT2D eigenvalue weighted by Crippen LogP contribution is -2.36. The molecule has 158 valence electrons. The van der Waals surface area contributed by atoms with Crippen LogP contribution in [0.1, 0.15) is 48.2 Å². The van der Waals surface area contributed by atoms with Crippen molar-refractivity contribution >= 4 is 17.5 Å². The van der Waals surface area contributed by atoms with Crippen LogP contribution in [-0.2, 0) is 17.8 Å². The lowest BCUT2D eigenvalue weighted by molar-refractivity contribution is -0.133. The van der Waals surface area contributed by atoms with Gasteiger partial charge in [0.15, 0.2) is 11.5 Å². The second kappa shape index (κ2) is 8.78. The van der Waals surface area contributed by atoms with Crippen LogP contribution in [0.25, 0.3) is 0 Å². The van der Waals surface area contributed by atoms with Crippen molar-refractivity contribution in [2.24, 2.45) is 5.92 Å². The van der Waals surface area contributed by atoms with Gasteiger partial charge in [-0.25, -0.2) is 0 Å². The van der Waals surface area contributed by atoms with E-state index in [-0.39, 0.29) is 17.7 Å². The summed E-state index contributed by atoms with van der Waals surface area (Å²) < 4.78 is 11.2. The molecule has 2 aromatic carbocycles. The van der Waals surface area contributed by atoms with Crippen molar-refractivity contribution in [3.8, 4) is 11.5 Å². The summed E-state index contributed by atoms with van der Waals surface area (Å²) in [6.07, 6.45) is 2.90. The van der Waals surface area contributed by atoms with Crippen LogP contribution < -0.4 is 14.8 Å². The van der Waals surface area contributed by atoms with E-state index in [0.29, 0.717) is 36.8 Å². The Kier molecular flexibility index (Phi) is 5.93. The van der Waals surface area contributed by atoms with Crippen molar-refractivity contribution in [1.82, 2.24) is 4.90 Å². The highest BCUT2D eigenvalue weighted by Crippen LogP contribution is 2.33. The van der Waals surface area contributed by atoms with E-state index in [1.54, 1.807) is 18.2 Å². The highest BCUT2D eigenvalue weighted by Gasteiger charge is 2.34.